The van der Waals surface area contributed by atoms with Crippen molar-refractivity contribution in [2.24, 2.45) is 17.6 Å². The van der Waals surface area contributed by atoms with Crippen molar-refractivity contribution in [2.75, 3.05) is 32.8 Å². The molecule has 0 aromatic carbocycles. The molecule has 8 unspecified atom stereocenters. The average molecular weight is 495 g/mol. The summed E-state index contributed by atoms with van der Waals surface area (Å²) in [7, 11) is 0. The van der Waals surface area contributed by atoms with Gasteiger partial charge in [0.05, 0.1) is 29.6 Å². The van der Waals surface area contributed by atoms with E-state index in [2.05, 4.69) is 59.8 Å². The summed E-state index contributed by atoms with van der Waals surface area (Å²) in [5, 5.41) is 8.37. The fourth-order valence-corrected chi connectivity index (χ4v) is 7.62. The predicted molar refractivity (Wildman–Crippen MR) is 142 cm³/mol. The second-order valence-electron chi connectivity index (χ2n) is 10.1. The van der Waals surface area contributed by atoms with Crippen LogP contribution in [0.15, 0.2) is 36.0 Å². The summed E-state index contributed by atoms with van der Waals surface area (Å²) >= 11 is 8.78. The van der Waals surface area contributed by atoms with Gasteiger partial charge in [0.1, 0.15) is 0 Å². The van der Waals surface area contributed by atoms with E-state index in [1.165, 1.54) is 18.4 Å². The lowest BCUT2D eigenvalue weighted by molar-refractivity contribution is 0.0614. The van der Waals surface area contributed by atoms with Crippen LogP contribution in [0.25, 0.3) is 0 Å². The molecule has 2 saturated heterocycles. The highest BCUT2D eigenvalue weighted by Gasteiger charge is 2.43. The van der Waals surface area contributed by atoms with E-state index in [0.29, 0.717) is 47.3 Å². The van der Waals surface area contributed by atoms with Crippen molar-refractivity contribution in [1.29, 1.82) is 0 Å². The molecule has 0 aromatic rings. The standard InChI is InChI=1S/C26H43ClN4OS/c1-18(17-32-21-8-4-3-5-9-21)30-19(2)33-25(15-28)20-14-23(22-10-6-7-11-24(22)27)26-29-12-13-31(26)16-20/h4,6-8,10,18-21,23-26,29-30H,3,5,9,11-17,28H2,1-2H3. The van der Waals surface area contributed by atoms with E-state index in [1.807, 2.05) is 11.8 Å². The van der Waals surface area contributed by atoms with Crippen molar-refractivity contribution in [1.82, 2.24) is 15.5 Å². The fraction of sp³-hybridized carbons (Fsp3) is 0.769. The van der Waals surface area contributed by atoms with Crippen LogP contribution in [0.5, 0.6) is 0 Å². The molecule has 2 fully saturated rings. The van der Waals surface area contributed by atoms with E-state index >= 15 is 0 Å². The molecule has 33 heavy (non-hydrogen) atoms. The van der Waals surface area contributed by atoms with Gasteiger partial charge in [-0.3, -0.25) is 10.2 Å². The maximum Gasteiger partial charge on any atom is 0.0756 e. The highest BCUT2D eigenvalue weighted by Crippen LogP contribution is 2.41. The van der Waals surface area contributed by atoms with Crippen LogP contribution in [0.1, 0.15) is 46.0 Å². The molecule has 7 heteroatoms. The predicted octanol–water partition coefficient (Wildman–Crippen LogP) is 3.86. The van der Waals surface area contributed by atoms with Gasteiger partial charge < -0.3 is 15.8 Å². The van der Waals surface area contributed by atoms with E-state index in [4.69, 9.17) is 22.1 Å². The third kappa shape index (κ3) is 6.87. The molecule has 2 heterocycles. The Morgan fingerprint density at radius 2 is 2.24 bits per heavy atom. The van der Waals surface area contributed by atoms with Gasteiger partial charge in [-0.05, 0) is 57.4 Å². The van der Waals surface area contributed by atoms with Crippen molar-refractivity contribution in [3.63, 3.8) is 0 Å². The Morgan fingerprint density at radius 3 is 3.00 bits per heavy atom. The number of halogens is 1. The first-order valence-electron chi connectivity index (χ1n) is 12.9. The van der Waals surface area contributed by atoms with Crippen LogP contribution in [0.4, 0.5) is 0 Å². The quantitative estimate of drug-likeness (QED) is 0.243. The van der Waals surface area contributed by atoms with Gasteiger partial charge in [0.25, 0.3) is 0 Å². The third-order valence-electron chi connectivity index (χ3n) is 7.54. The zero-order valence-electron chi connectivity index (χ0n) is 20.3. The molecular formula is C26H43ClN4OS. The maximum atomic E-state index is 6.77. The number of alkyl halides is 1. The number of nitrogens with one attached hydrogen (secondary N) is 2. The first-order valence-corrected chi connectivity index (χ1v) is 14.3. The van der Waals surface area contributed by atoms with E-state index in [0.717, 1.165) is 45.5 Å². The zero-order chi connectivity index (χ0) is 23.2. The number of fused-ring (bicyclic) bond motifs is 1. The first kappa shape index (κ1) is 25.7. The minimum absolute atomic E-state index is 0.118. The van der Waals surface area contributed by atoms with Gasteiger partial charge >= 0.3 is 0 Å². The normalized spacial score (nSPS) is 35.2. The summed E-state index contributed by atoms with van der Waals surface area (Å²) in [5.41, 5.74) is 7.77. The van der Waals surface area contributed by atoms with E-state index < -0.39 is 0 Å². The molecule has 0 saturated carbocycles. The number of nitrogens with two attached hydrogens (primary N) is 1. The number of thioether (sulfide) groups is 1. The van der Waals surface area contributed by atoms with Gasteiger partial charge in [0.15, 0.2) is 0 Å². The summed E-state index contributed by atoms with van der Waals surface area (Å²) < 4.78 is 6.11. The van der Waals surface area contributed by atoms with Crippen molar-refractivity contribution in [2.45, 2.75) is 80.3 Å². The van der Waals surface area contributed by atoms with Crippen LogP contribution < -0.4 is 16.4 Å². The van der Waals surface area contributed by atoms with E-state index in [-0.39, 0.29) is 5.38 Å². The van der Waals surface area contributed by atoms with Gasteiger partial charge in [0.2, 0.25) is 0 Å². The van der Waals surface area contributed by atoms with Crippen LogP contribution >= 0.6 is 23.4 Å². The summed E-state index contributed by atoms with van der Waals surface area (Å²) in [4.78, 5) is 2.64. The Kier molecular flexibility index (Phi) is 9.81. The Labute approximate surface area is 210 Å². The molecule has 0 bridgehead atoms. The second kappa shape index (κ2) is 12.6. The lowest BCUT2D eigenvalue weighted by Gasteiger charge is -2.45. The number of hydrogen-bond acceptors (Lipinski definition) is 6. The summed E-state index contributed by atoms with van der Waals surface area (Å²) in [5.74, 6) is 1.03. The van der Waals surface area contributed by atoms with Crippen molar-refractivity contribution in [3.8, 4) is 0 Å². The number of rotatable bonds is 10. The number of hydrogen-bond donors (Lipinski definition) is 3. The summed E-state index contributed by atoms with van der Waals surface area (Å²) in [6.45, 7) is 9.26. The smallest absolute Gasteiger partial charge is 0.0756 e. The lowest BCUT2D eigenvalue weighted by Crippen LogP contribution is -2.53. The minimum Gasteiger partial charge on any atom is -0.373 e. The molecule has 0 aromatic heterocycles. The van der Waals surface area contributed by atoms with Crippen molar-refractivity contribution < 1.29 is 4.74 Å². The Bertz CT molecular complexity index is 716. The number of nitrogens with zero attached hydrogens (tertiary/aromatic N) is 1. The third-order valence-corrected chi connectivity index (χ3v) is 9.44. The van der Waals surface area contributed by atoms with Crippen LogP contribution in [0, 0.1) is 11.8 Å². The number of allylic oxidation sites excluding steroid dienone is 4. The van der Waals surface area contributed by atoms with Gasteiger partial charge in [-0.2, -0.15) is 0 Å². The highest BCUT2D eigenvalue weighted by atomic mass is 35.5. The average Bonchev–Trinajstić information content (AvgIpc) is 3.30. The number of ether oxygens (including phenoxy) is 1. The van der Waals surface area contributed by atoms with Crippen LogP contribution in [0.3, 0.4) is 0 Å². The summed E-state index contributed by atoms with van der Waals surface area (Å²) in [6, 6.07) is 0.323. The molecule has 0 radical (unpaired) electrons. The van der Waals surface area contributed by atoms with Crippen LogP contribution in [0.2, 0.25) is 0 Å². The highest BCUT2D eigenvalue weighted by molar-refractivity contribution is 8.00. The van der Waals surface area contributed by atoms with Crippen LogP contribution in [-0.4, -0.2) is 72.0 Å². The van der Waals surface area contributed by atoms with Gasteiger partial charge in [-0.1, -0.05) is 30.4 Å². The minimum atomic E-state index is 0.118. The van der Waals surface area contributed by atoms with Crippen LogP contribution in [-0.2, 0) is 4.74 Å². The van der Waals surface area contributed by atoms with E-state index in [1.54, 1.807) is 0 Å². The Hall–Kier alpha value is -0.340. The molecule has 8 atom stereocenters. The molecular weight excluding hydrogens is 452 g/mol. The SMILES string of the molecule is CC(COC1C=CCCC1)NC(C)SC(CN)C1CC(C2=CC=CCC2Cl)C2NCCN2C1. The molecule has 5 nitrogen and oxygen atoms in total. The molecule has 4 aliphatic rings. The second-order valence-corrected chi connectivity index (χ2v) is 12.3. The van der Waals surface area contributed by atoms with E-state index in [9.17, 15) is 0 Å². The van der Waals surface area contributed by atoms with Crippen molar-refractivity contribution >= 4 is 23.4 Å². The molecule has 4 N–H and O–H groups in total. The van der Waals surface area contributed by atoms with Gasteiger partial charge in [-0.15, -0.1) is 23.4 Å². The lowest BCUT2D eigenvalue weighted by atomic mass is 9.78. The molecule has 4 rings (SSSR count). The maximum absolute atomic E-state index is 6.77. The Morgan fingerprint density at radius 1 is 1.36 bits per heavy atom. The molecule has 2 aliphatic heterocycles. The molecule has 0 amide bonds. The monoisotopic (exact) mass is 494 g/mol. The zero-order valence-corrected chi connectivity index (χ0v) is 21.9. The molecule has 2 aliphatic carbocycles. The molecule has 0 spiro atoms. The number of piperidine rings is 1. The first-order chi connectivity index (χ1) is 16.0. The van der Waals surface area contributed by atoms with Crippen molar-refractivity contribution in [3.05, 3.63) is 36.0 Å². The molecule has 186 valence electrons. The van der Waals surface area contributed by atoms with Gasteiger partial charge in [0, 0.05) is 43.4 Å². The van der Waals surface area contributed by atoms with Gasteiger partial charge in [-0.25, -0.2) is 0 Å². The summed E-state index contributed by atoms with van der Waals surface area (Å²) in [6.07, 6.45) is 17.5. The largest absolute Gasteiger partial charge is 0.373 e. The fourth-order valence-electron chi connectivity index (χ4n) is 5.92. The topological polar surface area (TPSA) is 62.6 Å². The Balaban J connectivity index is 1.32.